The number of rotatable bonds is 9. The molecule has 0 radical (unpaired) electrons. The molecule has 2 heterocycles. The van der Waals surface area contributed by atoms with Crippen molar-refractivity contribution in [2.24, 2.45) is 5.10 Å². The van der Waals surface area contributed by atoms with E-state index in [1.165, 1.54) is 4.68 Å². The van der Waals surface area contributed by atoms with Crippen LogP contribution in [0.4, 0.5) is 5.69 Å². The van der Waals surface area contributed by atoms with Crippen molar-refractivity contribution in [2.45, 2.75) is 33.6 Å². The number of amides is 1. The lowest BCUT2D eigenvalue weighted by Gasteiger charge is -2.12. The van der Waals surface area contributed by atoms with Gasteiger partial charge >= 0.3 is 0 Å². The predicted octanol–water partition coefficient (Wildman–Crippen LogP) is 6.42. The van der Waals surface area contributed by atoms with E-state index >= 15 is 0 Å². The Morgan fingerprint density at radius 3 is 2.54 bits per heavy atom. The zero-order valence-electron chi connectivity index (χ0n) is 23.1. The molecular formula is C32H30BrN5O3. The molecule has 41 heavy (non-hydrogen) atoms. The minimum atomic E-state index is -0.225. The van der Waals surface area contributed by atoms with Crippen LogP contribution in [0.25, 0.3) is 16.6 Å². The minimum absolute atomic E-state index is 0.0869. The third kappa shape index (κ3) is 6.30. The molecule has 2 aromatic heterocycles. The average molecular weight is 613 g/mol. The van der Waals surface area contributed by atoms with Crippen LogP contribution in [-0.2, 0) is 11.2 Å². The zero-order valence-corrected chi connectivity index (χ0v) is 24.7. The molecule has 0 saturated carbocycles. The van der Waals surface area contributed by atoms with Crippen molar-refractivity contribution in [3.05, 3.63) is 116 Å². The van der Waals surface area contributed by atoms with Crippen LogP contribution >= 0.6 is 15.9 Å². The first-order chi connectivity index (χ1) is 19.8. The fourth-order valence-electron chi connectivity index (χ4n) is 4.69. The standard InChI is InChI=1S/C32H30BrN5O3/c1-4-8-30-36-29-16-11-24(33)18-28(29)32(40)38(30)34-19-23-17-21(2)37(22(23)3)26-12-14-27(15-13-26)41-20-31(39)35-25-9-6-5-7-10-25/h5-7,9-19H,4,8,20H2,1-3H3,(H,35,39). The minimum Gasteiger partial charge on any atom is -0.484 e. The number of fused-ring (bicyclic) bond motifs is 1. The van der Waals surface area contributed by atoms with Crippen LogP contribution in [0.15, 0.2) is 93.2 Å². The van der Waals surface area contributed by atoms with Crippen molar-refractivity contribution < 1.29 is 9.53 Å². The predicted molar refractivity (Wildman–Crippen MR) is 166 cm³/mol. The number of halogens is 1. The van der Waals surface area contributed by atoms with Gasteiger partial charge in [-0.1, -0.05) is 41.1 Å². The molecule has 0 unspecified atom stereocenters. The molecule has 8 nitrogen and oxygen atoms in total. The van der Waals surface area contributed by atoms with Gasteiger partial charge in [0.1, 0.15) is 11.6 Å². The second-order valence-corrected chi connectivity index (χ2v) is 10.6. The fourth-order valence-corrected chi connectivity index (χ4v) is 5.05. The van der Waals surface area contributed by atoms with E-state index < -0.39 is 0 Å². The van der Waals surface area contributed by atoms with E-state index in [-0.39, 0.29) is 18.1 Å². The molecule has 5 rings (SSSR count). The highest BCUT2D eigenvalue weighted by Gasteiger charge is 2.13. The number of para-hydroxylation sites is 1. The van der Waals surface area contributed by atoms with Gasteiger partial charge in [-0.05, 0) is 80.9 Å². The number of benzene rings is 3. The first-order valence-electron chi connectivity index (χ1n) is 13.4. The van der Waals surface area contributed by atoms with E-state index in [4.69, 9.17) is 9.72 Å². The van der Waals surface area contributed by atoms with E-state index in [9.17, 15) is 9.59 Å². The van der Waals surface area contributed by atoms with Gasteiger partial charge < -0.3 is 14.6 Å². The normalized spacial score (nSPS) is 11.3. The van der Waals surface area contributed by atoms with Gasteiger partial charge in [-0.15, -0.1) is 0 Å². The highest BCUT2D eigenvalue weighted by atomic mass is 79.9. The molecule has 9 heteroatoms. The summed E-state index contributed by atoms with van der Waals surface area (Å²) in [6, 6.07) is 24.4. The largest absolute Gasteiger partial charge is 0.484 e. The van der Waals surface area contributed by atoms with Gasteiger partial charge in [-0.3, -0.25) is 9.59 Å². The molecule has 0 saturated heterocycles. The van der Waals surface area contributed by atoms with Crippen molar-refractivity contribution in [1.29, 1.82) is 0 Å². The number of aromatic nitrogens is 3. The van der Waals surface area contributed by atoms with Gasteiger partial charge in [0, 0.05) is 39.2 Å². The summed E-state index contributed by atoms with van der Waals surface area (Å²) in [4.78, 5) is 30.3. The summed E-state index contributed by atoms with van der Waals surface area (Å²) >= 11 is 3.45. The molecule has 0 spiro atoms. The number of nitrogens with zero attached hydrogens (tertiary/aromatic N) is 4. The maximum atomic E-state index is 13.3. The summed E-state index contributed by atoms with van der Waals surface area (Å²) in [6.45, 7) is 6.00. The smallest absolute Gasteiger partial charge is 0.282 e. The van der Waals surface area contributed by atoms with Gasteiger partial charge in [0.15, 0.2) is 6.61 Å². The Balaban J connectivity index is 1.35. The number of carbonyl (C=O) groups is 1. The average Bonchev–Trinajstić information content (AvgIpc) is 3.25. The highest BCUT2D eigenvalue weighted by molar-refractivity contribution is 9.10. The molecule has 5 aromatic rings. The van der Waals surface area contributed by atoms with Crippen molar-refractivity contribution in [3.63, 3.8) is 0 Å². The van der Waals surface area contributed by atoms with Crippen molar-refractivity contribution in [2.75, 3.05) is 11.9 Å². The summed E-state index contributed by atoms with van der Waals surface area (Å²) in [5.74, 6) is 1.00. The van der Waals surface area contributed by atoms with E-state index in [1.54, 1.807) is 12.3 Å². The molecule has 208 valence electrons. The third-order valence-electron chi connectivity index (χ3n) is 6.65. The van der Waals surface area contributed by atoms with E-state index in [0.29, 0.717) is 28.9 Å². The first kappa shape index (κ1) is 28.0. The SMILES string of the molecule is CCCc1nc2ccc(Br)cc2c(=O)n1N=Cc1cc(C)n(-c2ccc(OCC(=O)Nc3ccccc3)cc2)c1C. The molecule has 0 fully saturated rings. The van der Waals surface area contributed by atoms with Crippen LogP contribution in [0.1, 0.15) is 36.1 Å². The Labute approximate surface area is 246 Å². The Morgan fingerprint density at radius 1 is 1.05 bits per heavy atom. The molecule has 3 aromatic carbocycles. The van der Waals surface area contributed by atoms with Crippen molar-refractivity contribution >= 4 is 44.6 Å². The summed E-state index contributed by atoms with van der Waals surface area (Å²) in [7, 11) is 0. The monoisotopic (exact) mass is 611 g/mol. The van der Waals surface area contributed by atoms with Crippen LogP contribution in [-0.4, -0.2) is 33.0 Å². The summed E-state index contributed by atoms with van der Waals surface area (Å²) in [5, 5.41) is 7.92. The maximum absolute atomic E-state index is 13.3. The Kier molecular flexibility index (Phi) is 8.45. The maximum Gasteiger partial charge on any atom is 0.282 e. The number of ether oxygens (including phenoxy) is 1. The summed E-state index contributed by atoms with van der Waals surface area (Å²) < 4.78 is 10.0. The number of carbonyl (C=O) groups excluding carboxylic acids is 1. The summed E-state index contributed by atoms with van der Waals surface area (Å²) in [5.41, 5.74) is 5.02. The van der Waals surface area contributed by atoms with Crippen LogP contribution in [0.2, 0.25) is 0 Å². The van der Waals surface area contributed by atoms with E-state index in [1.807, 2.05) is 86.6 Å². The number of hydrogen-bond donors (Lipinski definition) is 1. The van der Waals surface area contributed by atoms with Gasteiger partial charge in [0.25, 0.3) is 11.5 Å². The lowest BCUT2D eigenvalue weighted by Crippen LogP contribution is -2.22. The van der Waals surface area contributed by atoms with E-state index in [2.05, 4.69) is 37.8 Å². The van der Waals surface area contributed by atoms with Crippen LogP contribution in [0, 0.1) is 13.8 Å². The Bertz CT molecular complexity index is 1790. The number of aryl methyl sites for hydroxylation is 2. The molecule has 0 aliphatic carbocycles. The van der Waals surface area contributed by atoms with E-state index in [0.717, 1.165) is 39.2 Å². The third-order valence-corrected chi connectivity index (χ3v) is 7.15. The van der Waals surface area contributed by atoms with Crippen molar-refractivity contribution in [1.82, 2.24) is 14.2 Å². The molecule has 1 N–H and O–H groups in total. The Morgan fingerprint density at radius 2 is 1.80 bits per heavy atom. The number of anilines is 1. The molecule has 0 bridgehead atoms. The lowest BCUT2D eigenvalue weighted by molar-refractivity contribution is -0.118. The zero-order chi connectivity index (χ0) is 28.9. The molecular weight excluding hydrogens is 582 g/mol. The first-order valence-corrected chi connectivity index (χ1v) is 14.2. The van der Waals surface area contributed by atoms with Gasteiger partial charge in [0.2, 0.25) is 0 Å². The van der Waals surface area contributed by atoms with Gasteiger partial charge in [-0.2, -0.15) is 9.78 Å². The van der Waals surface area contributed by atoms with Crippen LogP contribution in [0.5, 0.6) is 5.75 Å². The van der Waals surface area contributed by atoms with Crippen molar-refractivity contribution in [3.8, 4) is 11.4 Å². The quantitative estimate of drug-likeness (QED) is 0.195. The Hall–Kier alpha value is -4.50. The number of hydrogen-bond acceptors (Lipinski definition) is 5. The lowest BCUT2D eigenvalue weighted by atomic mass is 10.2. The fraction of sp³-hybridized carbons (Fsp3) is 0.188. The molecule has 0 aliphatic rings. The number of nitrogens with one attached hydrogen (secondary N) is 1. The molecule has 0 aliphatic heterocycles. The highest BCUT2D eigenvalue weighted by Crippen LogP contribution is 2.23. The van der Waals surface area contributed by atoms with Gasteiger partial charge in [0.05, 0.1) is 17.1 Å². The van der Waals surface area contributed by atoms with Gasteiger partial charge in [-0.25, -0.2) is 4.98 Å². The second-order valence-electron chi connectivity index (χ2n) is 9.66. The molecule has 1 amide bonds. The second kappa shape index (κ2) is 12.3. The molecule has 0 atom stereocenters. The summed E-state index contributed by atoms with van der Waals surface area (Å²) in [6.07, 6.45) is 3.20. The topological polar surface area (TPSA) is 90.5 Å². The van der Waals surface area contributed by atoms with Crippen LogP contribution < -0.4 is 15.6 Å². The van der Waals surface area contributed by atoms with Crippen LogP contribution in [0.3, 0.4) is 0 Å².